The van der Waals surface area contributed by atoms with Crippen molar-refractivity contribution >= 4 is 16.8 Å². The molecule has 3 heterocycles. The summed E-state index contributed by atoms with van der Waals surface area (Å²) in [6.07, 6.45) is 8.77. The number of hydrogen-bond acceptors (Lipinski definition) is 13. The number of carbonyl (C=O) groups is 1. The van der Waals surface area contributed by atoms with Crippen LogP contribution in [0.3, 0.4) is 0 Å². The lowest BCUT2D eigenvalue weighted by atomic mass is 9.98. The number of benzene rings is 1. The van der Waals surface area contributed by atoms with Crippen LogP contribution in [-0.2, 0) is 25.4 Å². The highest BCUT2D eigenvalue weighted by molar-refractivity contribution is 5.84. The van der Waals surface area contributed by atoms with Gasteiger partial charge in [0.25, 0.3) is 0 Å². The van der Waals surface area contributed by atoms with Crippen molar-refractivity contribution in [2.45, 2.75) is 126 Å². The van der Waals surface area contributed by atoms with E-state index in [9.17, 15) is 45.6 Å². The lowest BCUT2D eigenvalue weighted by Gasteiger charge is -2.42. The van der Waals surface area contributed by atoms with Crippen LogP contribution in [0, 0.1) is 0 Å². The standard InChI is InChI=1S/C40H58N2O13/c1-25(44)15-13-11-9-7-5-3-2-4-6-8-10-12-14-16-32(45)41-20-19-26-22-42-29-18-17-27(21-28(26)29)53-40-38(51)36(49)34(47)31(55-40)24-52-39-37(50)35(48)33(46)30(23-43)54-39/h2-3,6-9,13,15,17-18,21-22,25,30-31,33-40,42-44,46-51H,4-5,10-12,14,16,19-20,23-24H2,1H3,(H,41,45)/b3-2-,8-6-,9-7-,15-13-/t25?,30-,31-,33-,34-,35-,36-,37-,38+,39?,40-/m1/s1. The maximum atomic E-state index is 12.5. The van der Waals surface area contributed by atoms with Crippen molar-refractivity contribution in [1.82, 2.24) is 10.3 Å². The molecule has 55 heavy (non-hydrogen) atoms. The maximum absolute atomic E-state index is 12.5. The Hall–Kier alpha value is -3.45. The number of unbranched alkanes of at least 4 members (excludes halogenated alkanes) is 2. The number of allylic oxidation sites excluding steroid dienone is 7. The number of aromatic amines is 1. The minimum atomic E-state index is -1.68. The van der Waals surface area contributed by atoms with Crippen LogP contribution >= 0.6 is 0 Å². The van der Waals surface area contributed by atoms with E-state index >= 15 is 0 Å². The van der Waals surface area contributed by atoms with Crippen LogP contribution in [0.2, 0.25) is 0 Å². The number of aliphatic hydroxyl groups is 8. The molecule has 2 saturated heterocycles. The average Bonchev–Trinajstić information content (AvgIpc) is 3.57. The second kappa shape index (κ2) is 22.9. The number of rotatable bonds is 21. The molecular formula is C40H58N2O13. The fraction of sp³-hybridized carbons (Fsp3) is 0.575. The third-order valence-electron chi connectivity index (χ3n) is 9.41. The van der Waals surface area contributed by atoms with Gasteiger partial charge in [0, 0.05) is 30.1 Å². The Morgan fingerprint density at radius 3 is 2.16 bits per heavy atom. The van der Waals surface area contributed by atoms with Gasteiger partial charge in [0.05, 0.1) is 19.3 Å². The maximum Gasteiger partial charge on any atom is 0.229 e. The van der Waals surface area contributed by atoms with Gasteiger partial charge in [0.2, 0.25) is 12.2 Å². The molecular weight excluding hydrogens is 716 g/mol. The Balaban J connectivity index is 1.17. The fourth-order valence-electron chi connectivity index (χ4n) is 6.20. The molecule has 0 aliphatic carbocycles. The van der Waals surface area contributed by atoms with Crippen LogP contribution < -0.4 is 10.1 Å². The van der Waals surface area contributed by atoms with Crippen LogP contribution in [0.15, 0.2) is 73.0 Å². The van der Waals surface area contributed by atoms with Crippen molar-refractivity contribution in [3.8, 4) is 5.75 Å². The fourth-order valence-corrected chi connectivity index (χ4v) is 6.20. The molecule has 10 N–H and O–H groups in total. The lowest BCUT2D eigenvalue weighted by molar-refractivity contribution is -0.323. The summed E-state index contributed by atoms with van der Waals surface area (Å²) in [6, 6.07) is 5.15. The summed E-state index contributed by atoms with van der Waals surface area (Å²) in [5.41, 5.74) is 1.74. The Kier molecular flexibility index (Phi) is 18.5. The molecule has 0 spiro atoms. The van der Waals surface area contributed by atoms with Gasteiger partial charge in [0.15, 0.2) is 6.29 Å². The second-order valence-electron chi connectivity index (χ2n) is 13.8. The number of nitrogens with one attached hydrogen (secondary N) is 2. The van der Waals surface area contributed by atoms with E-state index in [1.807, 2.05) is 12.3 Å². The Morgan fingerprint density at radius 1 is 0.836 bits per heavy atom. The van der Waals surface area contributed by atoms with E-state index in [-0.39, 0.29) is 5.91 Å². The first-order valence-electron chi connectivity index (χ1n) is 18.9. The minimum absolute atomic E-state index is 0.0144. The lowest BCUT2D eigenvalue weighted by Crippen LogP contribution is -2.62. The van der Waals surface area contributed by atoms with Crippen LogP contribution in [0.25, 0.3) is 10.9 Å². The van der Waals surface area contributed by atoms with E-state index in [1.165, 1.54) is 0 Å². The van der Waals surface area contributed by atoms with Crippen molar-refractivity contribution in [2.75, 3.05) is 19.8 Å². The smallest absolute Gasteiger partial charge is 0.229 e. The first kappa shape index (κ1) is 44.3. The van der Waals surface area contributed by atoms with Gasteiger partial charge in [0.1, 0.15) is 54.6 Å². The highest BCUT2D eigenvalue weighted by Gasteiger charge is 2.47. The Bertz CT molecular complexity index is 1560. The quantitative estimate of drug-likeness (QED) is 0.0634. The molecule has 2 fully saturated rings. The zero-order valence-corrected chi connectivity index (χ0v) is 31.2. The molecule has 2 aliphatic heterocycles. The number of carbonyl (C=O) groups excluding carboxylic acids is 1. The molecule has 11 atom stereocenters. The number of amides is 1. The summed E-state index contributed by atoms with van der Waals surface area (Å²) in [5.74, 6) is 0.286. The third-order valence-corrected chi connectivity index (χ3v) is 9.41. The van der Waals surface area contributed by atoms with E-state index in [2.05, 4.69) is 46.8 Å². The van der Waals surface area contributed by atoms with Crippen LogP contribution in [-0.4, -0.2) is 139 Å². The number of aromatic nitrogens is 1. The van der Waals surface area contributed by atoms with Crippen LogP contribution in [0.1, 0.15) is 57.4 Å². The summed E-state index contributed by atoms with van der Waals surface area (Å²) in [4.78, 5) is 15.6. The monoisotopic (exact) mass is 774 g/mol. The van der Waals surface area contributed by atoms with E-state index < -0.39 is 80.7 Å². The molecule has 15 heteroatoms. The molecule has 4 rings (SSSR count). The zero-order valence-electron chi connectivity index (χ0n) is 31.2. The number of fused-ring (bicyclic) bond motifs is 1. The first-order chi connectivity index (χ1) is 26.5. The van der Waals surface area contributed by atoms with E-state index in [4.69, 9.17) is 18.9 Å². The van der Waals surface area contributed by atoms with Crippen molar-refractivity contribution < 1.29 is 64.6 Å². The molecule has 1 aromatic heterocycles. The molecule has 1 aromatic carbocycles. The molecule has 0 bridgehead atoms. The summed E-state index contributed by atoms with van der Waals surface area (Å²) < 4.78 is 22.5. The van der Waals surface area contributed by atoms with Crippen LogP contribution in [0.4, 0.5) is 0 Å². The van der Waals surface area contributed by atoms with Crippen molar-refractivity contribution in [1.29, 1.82) is 0 Å². The topological polar surface area (TPSA) is 244 Å². The SMILES string of the molecule is CC(O)/C=C\C/C=C\C/C=C\C/C=C\CCCCC(=O)NCCc1c[nH]c2ccc(O[C@@H]3O[C@H](COC4O[C@H](CO)[C@@H](O)[C@@H](O)[C@H]4O)[C@@H](O)[C@@H](O)[C@@H]3O)cc12. The average molecular weight is 775 g/mol. The first-order valence-corrected chi connectivity index (χ1v) is 18.9. The van der Waals surface area contributed by atoms with Gasteiger partial charge in [-0.15, -0.1) is 0 Å². The molecule has 0 saturated carbocycles. The molecule has 2 unspecified atom stereocenters. The predicted octanol–water partition coefficient (Wildman–Crippen LogP) is 1.17. The number of H-pyrrole nitrogens is 1. The van der Waals surface area contributed by atoms with Gasteiger partial charge in [-0.05, 0) is 75.6 Å². The summed E-state index contributed by atoms with van der Waals surface area (Å²) in [6.45, 7) is 1.04. The van der Waals surface area contributed by atoms with Gasteiger partial charge in [-0.25, -0.2) is 0 Å². The van der Waals surface area contributed by atoms with Crippen molar-refractivity contribution in [2.24, 2.45) is 0 Å². The summed E-state index contributed by atoms with van der Waals surface area (Å²) in [5, 5.41) is 84.4. The van der Waals surface area contributed by atoms with Gasteiger partial charge in [-0.3, -0.25) is 4.79 Å². The van der Waals surface area contributed by atoms with Gasteiger partial charge < -0.3 is 70.1 Å². The minimum Gasteiger partial charge on any atom is -0.462 e. The molecule has 0 radical (unpaired) electrons. The Morgan fingerprint density at radius 2 is 1.47 bits per heavy atom. The van der Waals surface area contributed by atoms with E-state index in [0.29, 0.717) is 25.1 Å². The second-order valence-corrected chi connectivity index (χ2v) is 13.8. The van der Waals surface area contributed by atoms with Gasteiger partial charge in [-0.1, -0.05) is 48.6 Å². The largest absolute Gasteiger partial charge is 0.462 e. The third kappa shape index (κ3) is 13.6. The summed E-state index contributed by atoms with van der Waals surface area (Å²) >= 11 is 0. The molecule has 15 nitrogen and oxygen atoms in total. The molecule has 2 aromatic rings. The number of ether oxygens (including phenoxy) is 4. The Labute approximate surface area is 321 Å². The highest BCUT2D eigenvalue weighted by Crippen LogP contribution is 2.29. The number of aliphatic hydroxyl groups excluding tert-OH is 8. The van der Waals surface area contributed by atoms with Crippen molar-refractivity contribution in [3.05, 3.63) is 78.6 Å². The van der Waals surface area contributed by atoms with Crippen LogP contribution in [0.5, 0.6) is 5.75 Å². The summed E-state index contributed by atoms with van der Waals surface area (Å²) in [7, 11) is 0. The molecule has 2 aliphatic rings. The highest BCUT2D eigenvalue weighted by atomic mass is 16.7. The molecule has 1 amide bonds. The number of hydrogen-bond donors (Lipinski definition) is 10. The van der Waals surface area contributed by atoms with Gasteiger partial charge >= 0.3 is 0 Å². The van der Waals surface area contributed by atoms with E-state index in [0.717, 1.165) is 55.0 Å². The zero-order chi connectivity index (χ0) is 39.7. The van der Waals surface area contributed by atoms with Crippen molar-refractivity contribution in [3.63, 3.8) is 0 Å². The predicted molar refractivity (Wildman–Crippen MR) is 203 cm³/mol. The van der Waals surface area contributed by atoms with E-state index in [1.54, 1.807) is 31.2 Å². The molecule has 306 valence electrons. The van der Waals surface area contributed by atoms with Gasteiger partial charge in [-0.2, -0.15) is 0 Å². The normalized spacial score (nSPS) is 29.6.